The zero-order valence-corrected chi connectivity index (χ0v) is 12.5. The number of methoxy groups -OCH3 is 1. The number of hydrogen-bond acceptors (Lipinski definition) is 3. The average Bonchev–Trinajstić information content (AvgIpc) is 2.99. The summed E-state index contributed by atoms with van der Waals surface area (Å²) < 4.78 is 10.2. The summed E-state index contributed by atoms with van der Waals surface area (Å²) in [6.45, 7) is 8.71. The third kappa shape index (κ3) is 2.76. The van der Waals surface area contributed by atoms with E-state index in [2.05, 4.69) is 32.9 Å². The molecule has 1 heterocycles. The van der Waals surface area contributed by atoms with Crippen LogP contribution in [0.15, 0.2) is 23.8 Å². The van der Waals surface area contributed by atoms with E-state index in [1.807, 2.05) is 13.0 Å². The van der Waals surface area contributed by atoms with Gasteiger partial charge in [0.25, 0.3) is 0 Å². The summed E-state index contributed by atoms with van der Waals surface area (Å²) >= 11 is 0. The lowest BCUT2D eigenvalue weighted by Gasteiger charge is -2.36. The van der Waals surface area contributed by atoms with Gasteiger partial charge in [-0.25, -0.2) is 4.79 Å². The van der Waals surface area contributed by atoms with Crippen molar-refractivity contribution in [1.82, 2.24) is 0 Å². The van der Waals surface area contributed by atoms with Crippen molar-refractivity contribution in [2.24, 2.45) is 11.3 Å². The van der Waals surface area contributed by atoms with E-state index < -0.39 is 11.7 Å². The molecule has 3 heteroatoms. The predicted molar refractivity (Wildman–Crippen MR) is 74.7 cm³/mol. The van der Waals surface area contributed by atoms with E-state index in [9.17, 15) is 4.79 Å². The zero-order valence-electron chi connectivity index (χ0n) is 12.5. The molecule has 0 aromatic heterocycles. The van der Waals surface area contributed by atoms with Crippen LogP contribution in [0, 0.1) is 11.3 Å². The van der Waals surface area contributed by atoms with Crippen molar-refractivity contribution in [3.05, 3.63) is 23.8 Å². The van der Waals surface area contributed by atoms with E-state index in [1.165, 1.54) is 19.1 Å². The molecule has 3 atom stereocenters. The molecule has 0 amide bonds. The molecule has 2 rings (SSSR count). The summed E-state index contributed by atoms with van der Waals surface area (Å²) in [5, 5.41) is 0. The van der Waals surface area contributed by atoms with Gasteiger partial charge >= 0.3 is 5.97 Å². The number of epoxide rings is 1. The van der Waals surface area contributed by atoms with Gasteiger partial charge in [-0.15, -0.1) is 0 Å². The lowest BCUT2D eigenvalue weighted by Crippen LogP contribution is -2.27. The maximum absolute atomic E-state index is 11.4. The van der Waals surface area contributed by atoms with Crippen molar-refractivity contribution in [3.63, 3.8) is 0 Å². The minimum atomic E-state index is -0.485. The molecular weight excluding hydrogens is 240 g/mol. The molecule has 1 aliphatic carbocycles. The summed E-state index contributed by atoms with van der Waals surface area (Å²) in [6.07, 6.45) is 8.45. The molecule has 0 aromatic rings. The molecule has 0 saturated carbocycles. The lowest BCUT2D eigenvalue weighted by molar-refractivity contribution is -0.142. The topological polar surface area (TPSA) is 38.8 Å². The lowest BCUT2D eigenvalue weighted by atomic mass is 9.68. The second-order valence-electron chi connectivity index (χ2n) is 6.52. The minimum Gasteiger partial charge on any atom is -0.467 e. The van der Waals surface area contributed by atoms with Crippen LogP contribution >= 0.6 is 0 Å². The standard InChI is InChI=1S/C16H24O3/c1-11-7-6-9-15(2,3)12(11)8-10-16(4)13(19-16)14(17)18-5/h7-8,10,12-13H,6,9H2,1-5H3/b10-8+/t12-,13+,16-/m1/s1. The molecule has 1 aliphatic heterocycles. The van der Waals surface area contributed by atoms with Crippen LogP contribution in [0.3, 0.4) is 0 Å². The normalized spacial score (nSPS) is 37.0. The van der Waals surface area contributed by atoms with E-state index in [1.54, 1.807) is 0 Å². The molecular formula is C16H24O3. The van der Waals surface area contributed by atoms with Crippen LogP contribution in [-0.2, 0) is 14.3 Å². The van der Waals surface area contributed by atoms with Gasteiger partial charge in [-0.1, -0.05) is 37.6 Å². The smallest absolute Gasteiger partial charge is 0.338 e. The zero-order chi connectivity index (χ0) is 14.3. The summed E-state index contributed by atoms with van der Waals surface area (Å²) in [7, 11) is 1.39. The number of ether oxygens (including phenoxy) is 2. The first-order valence-electron chi connectivity index (χ1n) is 6.92. The highest BCUT2D eigenvalue weighted by atomic mass is 16.6. The minimum absolute atomic E-state index is 0.265. The van der Waals surface area contributed by atoms with Crippen LogP contribution in [0.1, 0.15) is 40.5 Å². The van der Waals surface area contributed by atoms with E-state index >= 15 is 0 Å². The maximum atomic E-state index is 11.4. The first-order valence-corrected chi connectivity index (χ1v) is 6.92. The molecule has 0 radical (unpaired) electrons. The second kappa shape index (κ2) is 4.78. The highest BCUT2D eigenvalue weighted by Gasteiger charge is 2.56. The van der Waals surface area contributed by atoms with Crippen LogP contribution in [0.5, 0.6) is 0 Å². The first-order chi connectivity index (χ1) is 8.80. The largest absolute Gasteiger partial charge is 0.467 e. The van der Waals surface area contributed by atoms with Gasteiger partial charge in [0, 0.05) is 5.92 Å². The van der Waals surface area contributed by atoms with Crippen molar-refractivity contribution < 1.29 is 14.3 Å². The van der Waals surface area contributed by atoms with Gasteiger partial charge in [-0.05, 0) is 32.1 Å². The van der Waals surface area contributed by atoms with Gasteiger partial charge in [-0.3, -0.25) is 0 Å². The fourth-order valence-electron chi connectivity index (χ4n) is 3.01. The van der Waals surface area contributed by atoms with Crippen LogP contribution < -0.4 is 0 Å². The van der Waals surface area contributed by atoms with Gasteiger partial charge in [0.1, 0.15) is 5.60 Å². The highest BCUT2D eigenvalue weighted by Crippen LogP contribution is 2.44. The molecule has 106 valence electrons. The Bertz CT molecular complexity index is 433. The third-order valence-corrected chi connectivity index (χ3v) is 4.46. The SMILES string of the molecule is COC(=O)[C@@H]1O[C@]1(C)/C=C/[C@@H]1C(C)=CCCC1(C)C. The Labute approximate surface area is 115 Å². The molecule has 0 spiro atoms. The Morgan fingerprint density at radius 2 is 2.16 bits per heavy atom. The van der Waals surface area contributed by atoms with E-state index in [-0.39, 0.29) is 11.4 Å². The number of esters is 1. The second-order valence-corrected chi connectivity index (χ2v) is 6.52. The maximum Gasteiger partial charge on any atom is 0.338 e. The number of rotatable bonds is 3. The summed E-state index contributed by atoms with van der Waals surface area (Å²) in [6, 6.07) is 0. The number of hydrogen-bond donors (Lipinski definition) is 0. The molecule has 0 bridgehead atoms. The highest BCUT2D eigenvalue weighted by molar-refractivity contribution is 5.79. The fraction of sp³-hybridized carbons (Fsp3) is 0.688. The molecule has 1 saturated heterocycles. The van der Waals surface area contributed by atoms with Crippen molar-refractivity contribution >= 4 is 5.97 Å². The molecule has 0 aromatic carbocycles. The Morgan fingerprint density at radius 3 is 2.74 bits per heavy atom. The number of carbonyl (C=O) groups excluding carboxylic acids is 1. The first kappa shape index (κ1) is 14.3. The summed E-state index contributed by atoms with van der Waals surface area (Å²) in [5.41, 5.74) is 1.19. The van der Waals surface area contributed by atoms with Crippen molar-refractivity contribution in [1.29, 1.82) is 0 Å². The van der Waals surface area contributed by atoms with E-state index in [0.717, 1.165) is 6.42 Å². The monoisotopic (exact) mass is 264 g/mol. The molecule has 2 aliphatic rings. The number of allylic oxidation sites excluding steroid dienone is 3. The Morgan fingerprint density at radius 1 is 1.47 bits per heavy atom. The van der Waals surface area contributed by atoms with E-state index in [0.29, 0.717) is 5.92 Å². The van der Waals surface area contributed by atoms with E-state index in [4.69, 9.17) is 9.47 Å². The van der Waals surface area contributed by atoms with Crippen LogP contribution in [0.25, 0.3) is 0 Å². The third-order valence-electron chi connectivity index (χ3n) is 4.46. The number of carbonyl (C=O) groups is 1. The van der Waals surface area contributed by atoms with Crippen molar-refractivity contribution in [3.8, 4) is 0 Å². The quantitative estimate of drug-likeness (QED) is 0.446. The van der Waals surface area contributed by atoms with Gasteiger partial charge < -0.3 is 9.47 Å². The Hall–Kier alpha value is -1.09. The van der Waals surface area contributed by atoms with Gasteiger partial charge in [-0.2, -0.15) is 0 Å². The molecule has 0 N–H and O–H groups in total. The summed E-state index contributed by atoms with van der Waals surface area (Å²) in [4.78, 5) is 11.4. The predicted octanol–water partition coefficient (Wildman–Crippen LogP) is 3.26. The molecule has 3 nitrogen and oxygen atoms in total. The van der Waals surface area contributed by atoms with Crippen LogP contribution in [-0.4, -0.2) is 24.8 Å². The Kier molecular flexibility index (Phi) is 3.61. The van der Waals surface area contributed by atoms with Gasteiger partial charge in [0.15, 0.2) is 6.10 Å². The summed E-state index contributed by atoms with van der Waals surface area (Å²) in [5.74, 6) is 0.128. The van der Waals surface area contributed by atoms with Crippen molar-refractivity contribution in [2.75, 3.05) is 7.11 Å². The van der Waals surface area contributed by atoms with Crippen LogP contribution in [0.4, 0.5) is 0 Å². The molecule has 19 heavy (non-hydrogen) atoms. The fourth-order valence-corrected chi connectivity index (χ4v) is 3.01. The molecule has 1 fully saturated rings. The van der Waals surface area contributed by atoms with Gasteiger partial charge in [0.2, 0.25) is 0 Å². The van der Waals surface area contributed by atoms with Gasteiger partial charge in [0.05, 0.1) is 7.11 Å². The van der Waals surface area contributed by atoms with Crippen LogP contribution in [0.2, 0.25) is 0 Å². The van der Waals surface area contributed by atoms with Crippen molar-refractivity contribution in [2.45, 2.75) is 52.2 Å². The molecule has 0 unspecified atom stereocenters. The Balaban J connectivity index is 2.09. The average molecular weight is 264 g/mol.